The molecule has 0 aromatic heterocycles. The highest BCUT2D eigenvalue weighted by atomic mass is 32.2. The quantitative estimate of drug-likeness (QED) is 0.604. The highest BCUT2D eigenvalue weighted by molar-refractivity contribution is 8.03. The van der Waals surface area contributed by atoms with Gasteiger partial charge in [0.2, 0.25) is 0 Å². The molecule has 11 heavy (non-hydrogen) atoms. The smallest absolute Gasteiger partial charge is 0.129 e. The van der Waals surface area contributed by atoms with Gasteiger partial charge in [0.15, 0.2) is 0 Å². The number of nitrogens with two attached hydrogens (primary N) is 1. The Kier molecular flexibility index (Phi) is 2.21. The first kappa shape index (κ1) is 8.94. The number of thioether (sulfide) groups is 1. The summed E-state index contributed by atoms with van der Waals surface area (Å²) in [4.78, 5) is 3.41. The predicted molar refractivity (Wildman–Crippen MR) is 50.9 cm³/mol. The number of nitrogens with zero attached hydrogens (tertiary/aromatic N) is 1. The zero-order chi connectivity index (χ0) is 8.65. The van der Waals surface area contributed by atoms with Crippen molar-refractivity contribution in [3.05, 3.63) is 11.1 Å². The maximum atomic E-state index is 5.80. The van der Waals surface area contributed by atoms with Gasteiger partial charge in [0.1, 0.15) is 5.50 Å². The van der Waals surface area contributed by atoms with Crippen LogP contribution in [0.4, 0.5) is 0 Å². The normalized spacial score (nSPS) is 25.7. The molecule has 1 aliphatic rings. The molecule has 0 radical (unpaired) electrons. The second-order valence-corrected chi connectivity index (χ2v) is 5.08. The maximum absolute atomic E-state index is 5.80. The Balaban J connectivity index is 2.71. The second-order valence-electron chi connectivity index (χ2n) is 3.92. The third-order valence-electron chi connectivity index (χ3n) is 1.71. The fourth-order valence-corrected chi connectivity index (χ4v) is 1.94. The number of allylic oxidation sites excluding steroid dienone is 1. The monoisotopic (exact) mass is 172 g/mol. The molecule has 1 rings (SSSR count). The molecule has 2 N–H and O–H groups in total. The lowest BCUT2D eigenvalue weighted by Crippen LogP contribution is -2.28. The molecule has 0 aromatic carbocycles. The molecular weight excluding hydrogens is 156 g/mol. The third kappa shape index (κ3) is 1.91. The van der Waals surface area contributed by atoms with E-state index in [4.69, 9.17) is 5.73 Å². The first-order valence-corrected chi connectivity index (χ1v) is 4.66. The van der Waals surface area contributed by atoms with Crippen LogP contribution >= 0.6 is 11.8 Å². The van der Waals surface area contributed by atoms with Gasteiger partial charge in [0, 0.05) is 18.2 Å². The highest BCUT2D eigenvalue weighted by Crippen LogP contribution is 2.40. The molecule has 0 bridgehead atoms. The molecule has 64 valence electrons. The lowest BCUT2D eigenvalue weighted by molar-refractivity contribution is 0.438. The summed E-state index contributed by atoms with van der Waals surface area (Å²) in [6.07, 6.45) is 2.13. The SMILES string of the molecule is CN1C=C(C(C)(C)C)SC1N. The van der Waals surface area contributed by atoms with Gasteiger partial charge in [0.25, 0.3) is 0 Å². The zero-order valence-electron chi connectivity index (χ0n) is 7.59. The minimum absolute atomic E-state index is 0.115. The molecule has 0 fully saturated rings. The minimum Gasteiger partial charge on any atom is -0.356 e. The molecular formula is C8H16N2S. The Morgan fingerprint density at radius 2 is 2.09 bits per heavy atom. The fourth-order valence-electron chi connectivity index (χ4n) is 0.872. The Morgan fingerprint density at radius 3 is 2.27 bits per heavy atom. The van der Waals surface area contributed by atoms with Gasteiger partial charge < -0.3 is 10.6 Å². The van der Waals surface area contributed by atoms with Crippen molar-refractivity contribution < 1.29 is 0 Å². The van der Waals surface area contributed by atoms with Crippen LogP contribution in [0.2, 0.25) is 0 Å². The van der Waals surface area contributed by atoms with Crippen molar-refractivity contribution >= 4 is 11.8 Å². The standard InChI is InChI=1S/C8H16N2S/c1-8(2,3)6-5-10(4)7(9)11-6/h5,7H,9H2,1-4H3. The molecule has 1 aliphatic heterocycles. The average molecular weight is 172 g/mol. The number of hydrogen-bond donors (Lipinski definition) is 1. The van der Waals surface area contributed by atoms with Crippen LogP contribution in [0, 0.1) is 5.41 Å². The van der Waals surface area contributed by atoms with Gasteiger partial charge in [-0.05, 0) is 5.41 Å². The van der Waals surface area contributed by atoms with E-state index in [2.05, 4.69) is 27.0 Å². The number of hydrogen-bond acceptors (Lipinski definition) is 3. The van der Waals surface area contributed by atoms with E-state index in [0.29, 0.717) is 0 Å². The van der Waals surface area contributed by atoms with Gasteiger partial charge >= 0.3 is 0 Å². The molecule has 1 atom stereocenters. The Labute approximate surface area is 72.8 Å². The van der Waals surface area contributed by atoms with E-state index in [9.17, 15) is 0 Å². The second kappa shape index (κ2) is 2.72. The van der Waals surface area contributed by atoms with Gasteiger partial charge in [-0.3, -0.25) is 0 Å². The predicted octanol–water partition coefficient (Wildman–Crippen LogP) is 1.79. The van der Waals surface area contributed by atoms with Crippen LogP contribution in [0.25, 0.3) is 0 Å². The van der Waals surface area contributed by atoms with E-state index < -0.39 is 0 Å². The van der Waals surface area contributed by atoms with Crippen molar-refractivity contribution in [1.82, 2.24) is 4.90 Å². The van der Waals surface area contributed by atoms with Crippen LogP contribution in [0.5, 0.6) is 0 Å². The van der Waals surface area contributed by atoms with E-state index >= 15 is 0 Å². The van der Waals surface area contributed by atoms with Crippen molar-refractivity contribution in [1.29, 1.82) is 0 Å². The summed E-state index contributed by atoms with van der Waals surface area (Å²) in [5.41, 5.74) is 6.16. The molecule has 0 aliphatic carbocycles. The lowest BCUT2D eigenvalue weighted by Gasteiger charge is -2.18. The van der Waals surface area contributed by atoms with Crippen molar-refractivity contribution in [3.63, 3.8) is 0 Å². The van der Waals surface area contributed by atoms with Crippen LogP contribution < -0.4 is 5.73 Å². The van der Waals surface area contributed by atoms with Crippen LogP contribution in [-0.2, 0) is 0 Å². The van der Waals surface area contributed by atoms with Gasteiger partial charge in [-0.15, -0.1) is 0 Å². The topological polar surface area (TPSA) is 29.3 Å². The van der Waals surface area contributed by atoms with E-state index in [1.54, 1.807) is 11.8 Å². The molecule has 0 amide bonds. The highest BCUT2D eigenvalue weighted by Gasteiger charge is 2.26. The van der Waals surface area contributed by atoms with Crippen LogP contribution in [0.15, 0.2) is 11.1 Å². The lowest BCUT2D eigenvalue weighted by atomic mass is 9.96. The summed E-state index contributed by atoms with van der Waals surface area (Å²) >= 11 is 1.75. The first-order valence-electron chi connectivity index (χ1n) is 3.78. The Bertz CT molecular complexity index is 181. The summed E-state index contributed by atoms with van der Waals surface area (Å²) in [6.45, 7) is 6.62. The molecule has 1 heterocycles. The average Bonchev–Trinajstić information content (AvgIpc) is 2.11. The number of rotatable bonds is 0. The van der Waals surface area contributed by atoms with Crippen LogP contribution in [-0.4, -0.2) is 17.4 Å². The van der Waals surface area contributed by atoms with Crippen LogP contribution in [0.3, 0.4) is 0 Å². The van der Waals surface area contributed by atoms with Gasteiger partial charge in [-0.2, -0.15) is 0 Å². The molecule has 0 aromatic rings. The Morgan fingerprint density at radius 1 is 1.55 bits per heavy atom. The molecule has 0 spiro atoms. The maximum Gasteiger partial charge on any atom is 0.129 e. The van der Waals surface area contributed by atoms with E-state index in [0.717, 1.165) is 0 Å². The molecule has 1 unspecified atom stereocenters. The first-order chi connectivity index (χ1) is 4.91. The third-order valence-corrected chi connectivity index (χ3v) is 3.25. The summed E-state index contributed by atoms with van der Waals surface area (Å²) < 4.78 is 0. The Hall–Kier alpha value is -0.150. The summed E-state index contributed by atoms with van der Waals surface area (Å²) in [6, 6.07) is 0. The van der Waals surface area contributed by atoms with Crippen molar-refractivity contribution in [2.24, 2.45) is 11.1 Å². The molecule has 2 nitrogen and oxygen atoms in total. The molecule has 3 heteroatoms. The summed E-state index contributed by atoms with van der Waals surface area (Å²) in [5, 5.41) is 0. The fraction of sp³-hybridized carbons (Fsp3) is 0.750. The largest absolute Gasteiger partial charge is 0.356 e. The van der Waals surface area contributed by atoms with E-state index in [-0.39, 0.29) is 10.9 Å². The van der Waals surface area contributed by atoms with Gasteiger partial charge in [-0.1, -0.05) is 32.5 Å². The molecule has 0 saturated carbocycles. The minimum atomic E-state index is 0.115. The van der Waals surface area contributed by atoms with E-state index in [1.165, 1.54) is 4.91 Å². The van der Waals surface area contributed by atoms with Crippen LogP contribution in [0.1, 0.15) is 20.8 Å². The molecule has 0 saturated heterocycles. The van der Waals surface area contributed by atoms with Crippen molar-refractivity contribution in [3.8, 4) is 0 Å². The van der Waals surface area contributed by atoms with E-state index in [1.807, 2.05) is 11.9 Å². The van der Waals surface area contributed by atoms with Gasteiger partial charge in [0.05, 0.1) is 0 Å². The van der Waals surface area contributed by atoms with Crippen molar-refractivity contribution in [2.45, 2.75) is 26.3 Å². The van der Waals surface area contributed by atoms with Gasteiger partial charge in [-0.25, -0.2) is 0 Å². The zero-order valence-corrected chi connectivity index (χ0v) is 8.40. The summed E-state index contributed by atoms with van der Waals surface area (Å²) in [5.74, 6) is 0. The van der Waals surface area contributed by atoms with Crippen molar-refractivity contribution in [2.75, 3.05) is 7.05 Å². The summed E-state index contributed by atoms with van der Waals surface area (Å²) in [7, 11) is 2.01.